The SMILES string of the molecule is O=C(O)O.O=C(O)O.O=C(O)O.[Er].[Er]. The summed E-state index contributed by atoms with van der Waals surface area (Å²) in [7, 11) is 0. The predicted octanol–water partition coefficient (Wildman–Crippen LogP) is 0.667. The van der Waals surface area contributed by atoms with E-state index < -0.39 is 18.5 Å². The summed E-state index contributed by atoms with van der Waals surface area (Å²) in [5, 5.41) is 41.8. The average molecular weight is 521 g/mol. The first-order chi connectivity index (χ1) is 5.20. The van der Waals surface area contributed by atoms with E-state index in [1.165, 1.54) is 0 Å². The van der Waals surface area contributed by atoms with Crippen LogP contribution in [-0.2, 0) is 0 Å². The molecule has 0 unspecified atom stereocenters. The normalized spacial score (nSPS) is 5.14. The topological polar surface area (TPSA) is 173 Å². The summed E-state index contributed by atoms with van der Waals surface area (Å²) >= 11 is 0. The molecule has 0 saturated heterocycles. The molecule has 6 N–H and O–H groups in total. The Morgan fingerprint density at radius 2 is 0.500 bits per heavy atom. The van der Waals surface area contributed by atoms with Crippen LogP contribution in [0.4, 0.5) is 14.4 Å². The predicted molar refractivity (Wildman–Crippen MR) is 32.0 cm³/mol. The van der Waals surface area contributed by atoms with Gasteiger partial charge in [0, 0.05) is 74.6 Å². The van der Waals surface area contributed by atoms with Gasteiger partial charge in [-0.05, 0) is 0 Å². The fourth-order valence-corrected chi connectivity index (χ4v) is 0. The van der Waals surface area contributed by atoms with Crippen LogP contribution in [0.15, 0.2) is 0 Å². The second kappa shape index (κ2) is 23.3. The molecular weight excluding hydrogens is 515 g/mol. The van der Waals surface area contributed by atoms with Gasteiger partial charge in [-0.3, -0.25) is 0 Å². The monoisotopic (exact) mass is 518 g/mol. The van der Waals surface area contributed by atoms with Crippen molar-refractivity contribution < 1.29 is 120 Å². The van der Waals surface area contributed by atoms with Crippen LogP contribution in [0.2, 0.25) is 0 Å². The van der Waals surface area contributed by atoms with E-state index >= 15 is 0 Å². The van der Waals surface area contributed by atoms with Gasteiger partial charge in [-0.1, -0.05) is 0 Å². The summed E-state index contributed by atoms with van der Waals surface area (Å²) in [6.07, 6.45) is -5.50. The van der Waals surface area contributed by atoms with Gasteiger partial charge in [0.2, 0.25) is 0 Å². The molecule has 0 aliphatic heterocycles. The van der Waals surface area contributed by atoms with Crippen molar-refractivity contribution in [3.8, 4) is 0 Å². The largest absolute Gasteiger partial charge is 0.503 e. The van der Waals surface area contributed by atoms with Crippen LogP contribution < -0.4 is 0 Å². The Morgan fingerprint density at radius 3 is 0.500 bits per heavy atom. The van der Waals surface area contributed by atoms with Gasteiger partial charge in [-0.15, -0.1) is 0 Å². The number of carbonyl (C=O) groups is 3. The van der Waals surface area contributed by atoms with Crippen LogP contribution in [0, 0.1) is 74.6 Å². The van der Waals surface area contributed by atoms with Crippen LogP contribution in [0.25, 0.3) is 0 Å². The molecule has 0 rings (SSSR count). The van der Waals surface area contributed by atoms with Crippen molar-refractivity contribution in [1.82, 2.24) is 0 Å². The first kappa shape index (κ1) is 29.2. The molecule has 0 radical (unpaired) electrons. The van der Waals surface area contributed by atoms with Crippen molar-refractivity contribution >= 4 is 18.5 Å². The zero-order valence-corrected chi connectivity index (χ0v) is 9.69. The van der Waals surface area contributed by atoms with Gasteiger partial charge < -0.3 is 30.6 Å². The van der Waals surface area contributed by atoms with E-state index in [4.69, 9.17) is 45.0 Å². The Bertz CT molecular complexity index is 116. The summed E-state index contributed by atoms with van der Waals surface area (Å²) in [6.45, 7) is 0. The summed E-state index contributed by atoms with van der Waals surface area (Å²) in [6, 6.07) is 0. The minimum absolute atomic E-state index is 0. The first-order valence-corrected chi connectivity index (χ1v) is 1.95. The van der Waals surface area contributed by atoms with Crippen LogP contribution in [0.1, 0.15) is 0 Å². The third kappa shape index (κ3) is 17100. The molecule has 0 spiro atoms. The van der Waals surface area contributed by atoms with E-state index in [0.717, 1.165) is 0 Å². The second-order valence-corrected chi connectivity index (χ2v) is 0.848. The Balaban J connectivity index is -0.0000000270. The van der Waals surface area contributed by atoms with E-state index in [2.05, 4.69) is 0 Å². The van der Waals surface area contributed by atoms with Gasteiger partial charge in [-0.2, -0.15) is 0 Å². The molecule has 0 amide bonds. The van der Waals surface area contributed by atoms with Gasteiger partial charge in [0.05, 0.1) is 0 Å². The minimum Gasteiger partial charge on any atom is -0.450 e. The van der Waals surface area contributed by atoms with Crippen LogP contribution in [-0.4, -0.2) is 49.1 Å². The number of rotatable bonds is 0. The van der Waals surface area contributed by atoms with Crippen molar-refractivity contribution in [1.29, 1.82) is 0 Å². The average Bonchev–Trinajstić information content (AvgIpc) is 1.54. The molecule has 0 aromatic rings. The van der Waals surface area contributed by atoms with E-state index in [9.17, 15) is 0 Å². The maximum Gasteiger partial charge on any atom is 0.503 e. The van der Waals surface area contributed by atoms with Gasteiger partial charge in [0.25, 0.3) is 0 Å². The Morgan fingerprint density at radius 1 is 0.500 bits per heavy atom. The molecule has 0 aromatic carbocycles. The van der Waals surface area contributed by atoms with Crippen LogP contribution in [0.3, 0.4) is 0 Å². The Labute approximate surface area is 136 Å². The molecule has 96 valence electrons. The smallest absolute Gasteiger partial charge is 0.450 e. The molecular formula is C3H6Er2O9. The summed E-state index contributed by atoms with van der Waals surface area (Å²) in [4.78, 5) is 25.7. The molecule has 14 heavy (non-hydrogen) atoms. The fraction of sp³-hybridized carbons (Fsp3) is 0. The molecule has 0 aliphatic rings. The van der Waals surface area contributed by atoms with Crippen molar-refractivity contribution in [2.75, 3.05) is 0 Å². The van der Waals surface area contributed by atoms with E-state index in [1.807, 2.05) is 0 Å². The van der Waals surface area contributed by atoms with Gasteiger partial charge in [0.15, 0.2) is 0 Å². The Kier molecular flexibility index (Phi) is 48.6. The molecule has 0 heterocycles. The third-order valence-electron chi connectivity index (χ3n) is 0. The fourth-order valence-electron chi connectivity index (χ4n) is 0. The van der Waals surface area contributed by atoms with Crippen LogP contribution >= 0.6 is 0 Å². The summed E-state index contributed by atoms with van der Waals surface area (Å²) < 4.78 is 0. The maximum atomic E-state index is 8.56. The number of hydrogen-bond donors (Lipinski definition) is 6. The van der Waals surface area contributed by atoms with Crippen molar-refractivity contribution in [3.05, 3.63) is 0 Å². The minimum atomic E-state index is -1.83. The quantitative estimate of drug-likeness (QED) is 0.268. The van der Waals surface area contributed by atoms with Crippen LogP contribution in [0.5, 0.6) is 0 Å². The second-order valence-electron chi connectivity index (χ2n) is 0.848. The third-order valence-corrected chi connectivity index (χ3v) is 0. The number of hydrogen-bond acceptors (Lipinski definition) is 3. The molecule has 0 bridgehead atoms. The molecule has 0 atom stereocenters. The molecule has 0 fully saturated rings. The van der Waals surface area contributed by atoms with Crippen molar-refractivity contribution in [2.24, 2.45) is 0 Å². The molecule has 0 aromatic heterocycles. The molecule has 0 aliphatic carbocycles. The molecule has 0 saturated carbocycles. The van der Waals surface area contributed by atoms with Gasteiger partial charge >= 0.3 is 18.5 Å². The summed E-state index contributed by atoms with van der Waals surface area (Å²) in [5.41, 5.74) is 0. The summed E-state index contributed by atoms with van der Waals surface area (Å²) in [5.74, 6) is 0. The van der Waals surface area contributed by atoms with Gasteiger partial charge in [-0.25, -0.2) is 14.4 Å². The standard InChI is InChI=1S/3CH2O3.2Er/c3*2-1(3)4;;/h3*(H2,2,3,4);;. The molecule has 11 heteroatoms. The first-order valence-electron chi connectivity index (χ1n) is 1.95. The van der Waals surface area contributed by atoms with E-state index in [1.54, 1.807) is 0 Å². The zero-order valence-electron chi connectivity index (χ0n) is 5.99. The van der Waals surface area contributed by atoms with Crippen molar-refractivity contribution in [2.45, 2.75) is 0 Å². The van der Waals surface area contributed by atoms with E-state index in [0.29, 0.717) is 0 Å². The Hall–Kier alpha value is 0.304. The van der Waals surface area contributed by atoms with Crippen molar-refractivity contribution in [3.63, 3.8) is 0 Å². The van der Waals surface area contributed by atoms with Gasteiger partial charge in [0.1, 0.15) is 0 Å². The zero-order chi connectivity index (χ0) is 10.7. The van der Waals surface area contributed by atoms with E-state index in [-0.39, 0.29) is 74.6 Å². The molecule has 9 nitrogen and oxygen atoms in total. The maximum absolute atomic E-state index is 8.56. The number of carboxylic acid groups (broad SMARTS) is 6.